The fourth-order valence-electron chi connectivity index (χ4n) is 2.79. The summed E-state index contributed by atoms with van der Waals surface area (Å²) >= 11 is 0. The van der Waals surface area contributed by atoms with Gasteiger partial charge in [0.2, 0.25) is 0 Å². The highest BCUT2D eigenvalue weighted by molar-refractivity contribution is 6.54. The summed E-state index contributed by atoms with van der Waals surface area (Å²) in [4.78, 5) is 14.2. The summed E-state index contributed by atoms with van der Waals surface area (Å²) in [7, 11) is 0. The van der Waals surface area contributed by atoms with E-state index in [1.807, 2.05) is 36.2 Å². The van der Waals surface area contributed by atoms with Gasteiger partial charge < -0.3 is 4.90 Å². The molecule has 1 amide bonds. The molecular weight excluding hydrogens is 238 g/mol. The molecule has 0 saturated carbocycles. The Morgan fingerprint density at radius 2 is 1.89 bits per heavy atom. The van der Waals surface area contributed by atoms with Crippen LogP contribution < -0.4 is 4.90 Å². The van der Waals surface area contributed by atoms with Crippen LogP contribution in [0, 0.1) is 0 Å². The first-order valence-corrected chi connectivity index (χ1v) is 7.06. The molecule has 0 aliphatic carbocycles. The Morgan fingerprint density at radius 1 is 1.16 bits per heavy atom. The second-order valence-electron chi connectivity index (χ2n) is 5.03. The van der Waals surface area contributed by atoms with Crippen LogP contribution in [0.5, 0.6) is 0 Å². The van der Waals surface area contributed by atoms with E-state index in [1.54, 1.807) is 4.90 Å². The van der Waals surface area contributed by atoms with Crippen molar-refractivity contribution in [2.45, 2.75) is 26.2 Å². The van der Waals surface area contributed by atoms with E-state index in [0.29, 0.717) is 12.3 Å². The Kier molecular flexibility index (Phi) is 3.23. The number of hydrogen-bond donors (Lipinski definition) is 0. The van der Waals surface area contributed by atoms with E-state index in [-0.39, 0.29) is 5.91 Å². The third kappa shape index (κ3) is 2.11. The molecule has 1 saturated heterocycles. The summed E-state index contributed by atoms with van der Waals surface area (Å²) in [5.74, 6) is 0.0364. The van der Waals surface area contributed by atoms with Gasteiger partial charge in [-0.25, -0.2) is 0 Å². The van der Waals surface area contributed by atoms with Crippen LogP contribution in [-0.2, 0) is 4.79 Å². The molecule has 0 N–H and O–H groups in total. The first kappa shape index (κ1) is 12.2. The van der Waals surface area contributed by atoms with Crippen LogP contribution in [0.4, 0.5) is 5.69 Å². The number of carbonyl (C=O) groups excluding carboxylic acids is 1. The second kappa shape index (κ2) is 5.03. The van der Waals surface area contributed by atoms with Gasteiger partial charge >= 0.3 is 0 Å². The number of rotatable bonds is 2. The number of nitrogens with zero attached hydrogens (tertiary/aromatic N) is 3. The van der Waals surface area contributed by atoms with Gasteiger partial charge in [-0.05, 0) is 32.3 Å². The molecule has 0 aromatic heterocycles. The second-order valence-corrected chi connectivity index (χ2v) is 5.03. The quantitative estimate of drug-likeness (QED) is 0.814. The number of likely N-dealkylation sites (N-methyl/N-ethyl adjacent to an activating group) is 1. The van der Waals surface area contributed by atoms with Crippen LogP contribution in [-0.4, -0.2) is 36.3 Å². The maximum Gasteiger partial charge on any atom is 0.279 e. The van der Waals surface area contributed by atoms with Crippen LogP contribution in [0.3, 0.4) is 0 Å². The van der Waals surface area contributed by atoms with Gasteiger partial charge in [-0.15, -0.1) is 0 Å². The number of fused-ring (bicyclic) bond motifs is 1. The molecule has 2 aliphatic rings. The summed E-state index contributed by atoms with van der Waals surface area (Å²) in [6.45, 7) is 4.61. The van der Waals surface area contributed by atoms with Gasteiger partial charge in [-0.2, -0.15) is 5.10 Å². The summed E-state index contributed by atoms with van der Waals surface area (Å²) in [5.41, 5.74) is 2.57. The van der Waals surface area contributed by atoms with Crippen molar-refractivity contribution in [3.63, 3.8) is 0 Å². The SMILES string of the molecule is CCN1C(=O)C(=NN2CCCCC2)c2ccccc21. The first-order valence-electron chi connectivity index (χ1n) is 7.06. The third-order valence-corrected chi connectivity index (χ3v) is 3.79. The van der Waals surface area contributed by atoms with E-state index < -0.39 is 0 Å². The van der Waals surface area contributed by atoms with E-state index in [0.717, 1.165) is 24.3 Å². The maximum absolute atomic E-state index is 12.4. The highest BCUT2D eigenvalue weighted by Gasteiger charge is 2.33. The molecule has 3 rings (SSSR count). The molecule has 100 valence electrons. The average molecular weight is 257 g/mol. The Labute approximate surface area is 113 Å². The monoisotopic (exact) mass is 257 g/mol. The van der Waals surface area contributed by atoms with E-state index in [4.69, 9.17) is 0 Å². The van der Waals surface area contributed by atoms with Crippen molar-refractivity contribution in [3.8, 4) is 0 Å². The molecule has 0 spiro atoms. The van der Waals surface area contributed by atoms with Crippen LogP contribution >= 0.6 is 0 Å². The predicted molar refractivity (Wildman–Crippen MR) is 76.4 cm³/mol. The molecule has 4 nitrogen and oxygen atoms in total. The number of amides is 1. The van der Waals surface area contributed by atoms with Gasteiger partial charge in [-0.3, -0.25) is 9.80 Å². The van der Waals surface area contributed by atoms with E-state index in [1.165, 1.54) is 19.3 Å². The van der Waals surface area contributed by atoms with Crippen LogP contribution in [0.2, 0.25) is 0 Å². The van der Waals surface area contributed by atoms with Gasteiger partial charge in [0, 0.05) is 25.2 Å². The largest absolute Gasteiger partial charge is 0.307 e. The molecule has 4 heteroatoms. The molecule has 0 atom stereocenters. The smallest absolute Gasteiger partial charge is 0.279 e. The lowest BCUT2D eigenvalue weighted by atomic mass is 10.1. The summed E-state index contributed by atoms with van der Waals surface area (Å²) in [5, 5.41) is 6.66. The normalized spacial score (nSPS) is 21.1. The summed E-state index contributed by atoms with van der Waals surface area (Å²) < 4.78 is 0. The van der Waals surface area contributed by atoms with Crippen LogP contribution in [0.15, 0.2) is 29.4 Å². The predicted octanol–water partition coefficient (Wildman–Crippen LogP) is 2.24. The maximum atomic E-state index is 12.4. The number of hydrogen-bond acceptors (Lipinski definition) is 3. The number of hydrazone groups is 1. The van der Waals surface area contributed by atoms with Gasteiger partial charge in [0.1, 0.15) is 0 Å². The zero-order chi connectivity index (χ0) is 13.2. The Balaban J connectivity index is 1.97. The lowest BCUT2D eigenvalue weighted by molar-refractivity contribution is -0.112. The van der Waals surface area contributed by atoms with Crippen molar-refractivity contribution in [2.75, 3.05) is 24.5 Å². The van der Waals surface area contributed by atoms with Crippen molar-refractivity contribution in [3.05, 3.63) is 29.8 Å². The Hall–Kier alpha value is -1.84. The molecule has 1 aromatic rings. The van der Waals surface area contributed by atoms with Crippen molar-refractivity contribution < 1.29 is 4.79 Å². The third-order valence-electron chi connectivity index (χ3n) is 3.79. The van der Waals surface area contributed by atoms with Crippen molar-refractivity contribution in [1.82, 2.24) is 5.01 Å². The van der Waals surface area contributed by atoms with Crippen molar-refractivity contribution in [2.24, 2.45) is 5.10 Å². The van der Waals surface area contributed by atoms with Crippen LogP contribution in [0.1, 0.15) is 31.7 Å². The zero-order valence-corrected chi connectivity index (χ0v) is 11.3. The van der Waals surface area contributed by atoms with Gasteiger partial charge in [0.25, 0.3) is 5.91 Å². The molecule has 0 radical (unpaired) electrons. The zero-order valence-electron chi connectivity index (χ0n) is 11.3. The molecule has 0 unspecified atom stereocenters. The van der Waals surface area contributed by atoms with E-state index in [2.05, 4.69) is 5.10 Å². The van der Waals surface area contributed by atoms with Gasteiger partial charge in [0.15, 0.2) is 5.71 Å². The van der Waals surface area contributed by atoms with Gasteiger partial charge in [0.05, 0.1) is 5.69 Å². The standard InChI is InChI=1S/C15H19N3O/c1-2-18-13-9-5-4-8-12(13)14(15(18)19)16-17-10-6-3-7-11-17/h4-5,8-9H,2-3,6-7,10-11H2,1H3. The molecule has 2 aliphatic heterocycles. The molecule has 2 heterocycles. The molecule has 1 aromatic carbocycles. The fourth-order valence-corrected chi connectivity index (χ4v) is 2.79. The highest BCUT2D eigenvalue weighted by atomic mass is 16.2. The van der Waals surface area contributed by atoms with Crippen LogP contribution in [0.25, 0.3) is 0 Å². The molecule has 0 bridgehead atoms. The minimum atomic E-state index is 0.0364. The van der Waals surface area contributed by atoms with E-state index in [9.17, 15) is 4.79 Å². The highest BCUT2D eigenvalue weighted by Crippen LogP contribution is 2.29. The van der Waals surface area contributed by atoms with E-state index >= 15 is 0 Å². The molecule has 1 fully saturated rings. The topological polar surface area (TPSA) is 35.9 Å². The first-order chi connectivity index (χ1) is 9.31. The minimum Gasteiger partial charge on any atom is -0.307 e. The number of anilines is 1. The lowest BCUT2D eigenvalue weighted by Crippen LogP contribution is -2.32. The Bertz CT molecular complexity index is 518. The van der Waals surface area contributed by atoms with Gasteiger partial charge in [-0.1, -0.05) is 18.2 Å². The summed E-state index contributed by atoms with van der Waals surface area (Å²) in [6.07, 6.45) is 3.61. The fraction of sp³-hybridized carbons (Fsp3) is 0.467. The van der Waals surface area contributed by atoms with Crippen molar-refractivity contribution >= 4 is 17.3 Å². The summed E-state index contributed by atoms with van der Waals surface area (Å²) in [6, 6.07) is 7.93. The number of carbonyl (C=O) groups is 1. The molecule has 19 heavy (non-hydrogen) atoms. The number of benzene rings is 1. The number of piperidine rings is 1. The minimum absolute atomic E-state index is 0.0364. The lowest BCUT2D eigenvalue weighted by Gasteiger charge is -2.24. The average Bonchev–Trinajstić information content (AvgIpc) is 2.73. The van der Waals surface area contributed by atoms with Crippen molar-refractivity contribution in [1.29, 1.82) is 0 Å². The Morgan fingerprint density at radius 3 is 2.63 bits per heavy atom. The molecular formula is C15H19N3O. The number of para-hydroxylation sites is 1.